The van der Waals surface area contributed by atoms with Gasteiger partial charge in [0.25, 0.3) is 5.91 Å². The van der Waals surface area contributed by atoms with Crippen LogP contribution < -0.4 is 10.7 Å². The van der Waals surface area contributed by atoms with Gasteiger partial charge in [0.05, 0.1) is 11.4 Å². The number of rotatable bonds is 7. The van der Waals surface area contributed by atoms with Crippen molar-refractivity contribution in [3.63, 3.8) is 0 Å². The molecule has 150 valence electrons. The first kappa shape index (κ1) is 20.3. The Hall–Kier alpha value is -3.41. The summed E-state index contributed by atoms with van der Waals surface area (Å²) in [4.78, 5) is 36.8. The van der Waals surface area contributed by atoms with Gasteiger partial charge in [-0.05, 0) is 31.0 Å². The largest absolute Gasteiger partial charge is 0.450 e. The normalized spacial score (nSPS) is 11.8. The Labute approximate surface area is 168 Å². The fourth-order valence-electron chi connectivity index (χ4n) is 3.11. The van der Waals surface area contributed by atoms with E-state index in [2.05, 4.69) is 5.32 Å². The number of carbonyl (C=O) groups excluding carboxylic acids is 2. The number of benzene rings is 2. The number of esters is 1. The molecule has 0 bridgehead atoms. The molecule has 3 rings (SSSR count). The molecule has 2 aromatic carbocycles. The van der Waals surface area contributed by atoms with Crippen LogP contribution >= 0.6 is 0 Å². The van der Waals surface area contributed by atoms with Gasteiger partial charge in [-0.3, -0.25) is 9.59 Å². The molecule has 6 heteroatoms. The number of hydrogen-bond donors (Lipinski definition) is 1. The highest BCUT2D eigenvalue weighted by molar-refractivity contribution is 5.90. The van der Waals surface area contributed by atoms with Crippen LogP contribution in [-0.2, 0) is 9.53 Å². The third kappa shape index (κ3) is 5.10. The Morgan fingerprint density at radius 3 is 2.59 bits per heavy atom. The first-order valence-corrected chi connectivity index (χ1v) is 9.54. The third-order valence-corrected chi connectivity index (χ3v) is 4.53. The lowest BCUT2D eigenvalue weighted by atomic mass is 10.0. The fraction of sp³-hybridized carbons (Fsp3) is 0.261. The number of hydrogen-bond acceptors (Lipinski definition) is 5. The molecule has 0 spiro atoms. The van der Waals surface area contributed by atoms with Crippen LogP contribution in [0.2, 0.25) is 0 Å². The standard InChI is InChI=1S/C23H23NO5/c1-3-7-18(16-8-5-4-6-9-16)24-22(26)14-28-23(27)21-13-19(25)17-12-15(2)10-11-20(17)29-21/h4-6,8-13,18H,3,7,14H2,1-2H3,(H,24,26)/t18-/m1/s1. The number of carbonyl (C=O) groups is 2. The molecule has 1 amide bonds. The summed E-state index contributed by atoms with van der Waals surface area (Å²) in [5.74, 6) is -1.50. The molecular weight excluding hydrogens is 370 g/mol. The molecule has 6 nitrogen and oxygen atoms in total. The van der Waals surface area contributed by atoms with Crippen molar-refractivity contribution in [1.29, 1.82) is 0 Å². The minimum Gasteiger partial charge on any atom is -0.450 e. The quantitative estimate of drug-likeness (QED) is 0.615. The van der Waals surface area contributed by atoms with Crippen molar-refractivity contribution in [1.82, 2.24) is 5.32 Å². The van der Waals surface area contributed by atoms with Crippen molar-refractivity contribution in [3.8, 4) is 0 Å². The summed E-state index contributed by atoms with van der Waals surface area (Å²) in [5, 5.41) is 3.27. The van der Waals surface area contributed by atoms with E-state index in [0.29, 0.717) is 11.0 Å². The Morgan fingerprint density at radius 2 is 1.86 bits per heavy atom. The minimum atomic E-state index is -0.855. The first-order valence-electron chi connectivity index (χ1n) is 9.54. The second-order valence-corrected chi connectivity index (χ2v) is 6.87. The van der Waals surface area contributed by atoms with Crippen molar-refractivity contribution in [2.45, 2.75) is 32.7 Å². The lowest BCUT2D eigenvalue weighted by molar-refractivity contribution is -0.125. The summed E-state index contributed by atoms with van der Waals surface area (Å²) in [6.45, 7) is 3.44. The SMILES string of the molecule is CCC[C@@H](NC(=O)COC(=O)c1cc(=O)c2cc(C)ccc2o1)c1ccccc1. The minimum absolute atomic E-state index is 0.158. The molecule has 0 radical (unpaired) electrons. The van der Waals surface area contributed by atoms with Crippen LogP contribution in [0.3, 0.4) is 0 Å². The molecule has 1 aromatic heterocycles. The van der Waals surface area contributed by atoms with Crippen molar-refractivity contribution >= 4 is 22.8 Å². The van der Waals surface area contributed by atoms with E-state index in [9.17, 15) is 14.4 Å². The molecule has 1 heterocycles. The summed E-state index contributed by atoms with van der Waals surface area (Å²) in [6, 6.07) is 15.7. The third-order valence-electron chi connectivity index (χ3n) is 4.53. The van der Waals surface area contributed by atoms with Crippen LogP contribution in [0, 0.1) is 6.92 Å². The Balaban J connectivity index is 1.65. The monoisotopic (exact) mass is 393 g/mol. The first-order chi connectivity index (χ1) is 14.0. The summed E-state index contributed by atoms with van der Waals surface area (Å²) in [5.41, 5.74) is 1.87. The molecule has 3 aromatic rings. The molecule has 0 saturated carbocycles. The Bertz CT molecular complexity index is 1070. The number of nitrogens with one attached hydrogen (secondary N) is 1. The predicted molar refractivity (Wildman–Crippen MR) is 110 cm³/mol. The van der Waals surface area contributed by atoms with Crippen LogP contribution in [0.15, 0.2) is 63.8 Å². The lowest BCUT2D eigenvalue weighted by Crippen LogP contribution is -2.32. The van der Waals surface area contributed by atoms with Gasteiger partial charge in [-0.1, -0.05) is 55.3 Å². The average Bonchev–Trinajstić information content (AvgIpc) is 2.72. The van der Waals surface area contributed by atoms with Gasteiger partial charge in [-0.2, -0.15) is 0 Å². The molecule has 0 aliphatic carbocycles. The highest BCUT2D eigenvalue weighted by Gasteiger charge is 2.18. The molecule has 0 unspecified atom stereocenters. The van der Waals surface area contributed by atoms with E-state index in [-0.39, 0.29) is 17.2 Å². The average molecular weight is 393 g/mol. The van der Waals surface area contributed by atoms with Crippen LogP contribution in [0.4, 0.5) is 0 Å². The van der Waals surface area contributed by atoms with Gasteiger partial charge in [0.2, 0.25) is 5.76 Å². The maximum absolute atomic E-state index is 12.3. The molecule has 1 atom stereocenters. The van der Waals surface area contributed by atoms with Crippen LogP contribution in [-0.4, -0.2) is 18.5 Å². The van der Waals surface area contributed by atoms with E-state index < -0.39 is 18.5 Å². The summed E-state index contributed by atoms with van der Waals surface area (Å²) in [7, 11) is 0. The highest BCUT2D eigenvalue weighted by Crippen LogP contribution is 2.18. The highest BCUT2D eigenvalue weighted by atomic mass is 16.5. The summed E-state index contributed by atoms with van der Waals surface area (Å²) < 4.78 is 10.5. The maximum atomic E-state index is 12.3. The molecule has 1 N–H and O–H groups in total. The zero-order chi connectivity index (χ0) is 20.8. The van der Waals surface area contributed by atoms with Crippen LogP contribution in [0.25, 0.3) is 11.0 Å². The predicted octanol–water partition coefficient (Wildman–Crippen LogP) is 3.92. The molecule has 0 fully saturated rings. The summed E-state index contributed by atoms with van der Waals surface area (Å²) in [6.07, 6.45) is 1.66. The van der Waals surface area contributed by atoms with Crippen LogP contribution in [0.1, 0.15) is 47.5 Å². The van der Waals surface area contributed by atoms with Gasteiger partial charge in [0.1, 0.15) is 5.58 Å². The Morgan fingerprint density at radius 1 is 1.10 bits per heavy atom. The van der Waals surface area contributed by atoms with E-state index in [0.717, 1.165) is 30.0 Å². The number of ether oxygens (including phenoxy) is 1. The zero-order valence-electron chi connectivity index (χ0n) is 16.4. The van der Waals surface area contributed by atoms with Crippen molar-refractivity contribution in [2.75, 3.05) is 6.61 Å². The van der Waals surface area contributed by atoms with Gasteiger partial charge in [-0.15, -0.1) is 0 Å². The molecule has 0 saturated heterocycles. The van der Waals surface area contributed by atoms with Crippen molar-refractivity contribution in [2.24, 2.45) is 0 Å². The van der Waals surface area contributed by atoms with Crippen molar-refractivity contribution in [3.05, 3.63) is 81.7 Å². The van der Waals surface area contributed by atoms with E-state index in [4.69, 9.17) is 9.15 Å². The number of aryl methyl sites for hydroxylation is 1. The number of amides is 1. The van der Waals surface area contributed by atoms with E-state index >= 15 is 0 Å². The summed E-state index contributed by atoms with van der Waals surface area (Å²) >= 11 is 0. The van der Waals surface area contributed by atoms with Crippen LogP contribution in [0.5, 0.6) is 0 Å². The molecule has 0 aliphatic heterocycles. The molecular formula is C23H23NO5. The van der Waals surface area contributed by atoms with Crippen molar-refractivity contribution < 1.29 is 18.7 Å². The second-order valence-electron chi connectivity index (χ2n) is 6.87. The number of fused-ring (bicyclic) bond motifs is 1. The topological polar surface area (TPSA) is 85.6 Å². The van der Waals surface area contributed by atoms with E-state index in [1.54, 1.807) is 18.2 Å². The van der Waals surface area contributed by atoms with Gasteiger partial charge in [0, 0.05) is 6.07 Å². The van der Waals surface area contributed by atoms with Gasteiger partial charge in [0.15, 0.2) is 12.0 Å². The molecule has 0 aliphatic rings. The lowest BCUT2D eigenvalue weighted by Gasteiger charge is -2.18. The van der Waals surface area contributed by atoms with E-state index in [1.807, 2.05) is 44.2 Å². The van der Waals surface area contributed by atoms with Gasteiger partial charge < -0.3 is 14.5 Å². The van der Waals surface area contributed by atoms with E-state index in [1.165, 1.54) is 0 Å². The van der Waals surface area contributed by atoms with Gasteiger partial charge in [-0.25, -0.2) is 4.79 Å². The maximum Gasteiger partial charge on any atom is 0.374 e. The fourth-order valence-corrected chi connectivity index (χ4v) is 3.11. The smallest absolute Gasteiger partial charge is 0.374 e. The Kier molecular flexibility index (Phi) is 6.44. The van der Waals surface area contributed by atoms with Gasteiger partial charge >= 0.3 is 5.97 Å². The second kappa shape index (κ2) is 9.19. The zero-order valence-corrected chi connectivity index (χ0v) is 16.4. The molecule has 29 heavy (non-hydrogen) atoms.